The van der Waals surface area contributed by atoms with Crippen molar-refractivity contribution < 1.29 is 14.3 Å². The zero-order valence-electron chi connectivity index (χ0n) is 11.6. The molecule has 21 heavy (non-hydrogen) atoms. The molecule has 4 heteroatoms. The molecule has 0 unspecified atom stereocenters. The molecule has 0 aliphatic carbocycles. The van der Waals surface area contributed by atoms with Gasteiger partial charge in [-0.2, -0.15) is 0 Å². The molecule has 3 nitrogen and oxygen atoms in total. The van der Waals surface area contributed by atoms with Crippen molar-refractivity contribution in [1.29, 1.82) is 0 Å². The van der Waals surface area contributed by atoms with Gasteiger partial charge in [0.25, 0.3) is 0 Å². The van der Waals surface area contributed by atoms with Gasteiger partial charge in [-0.15, -0.1) is 6.58 Å². The smallest absolute Gasteiger partial charge is 0.343 e. The molecule has 0 radical (unpaired) electrons. The van der Waals surface area contributed by atoms with E-state index in [1.807, 2.05) is 30.3 Å². The van der Waals surface area contributed by atoms with Gasteiger partial charge in [0.2, 0.25) is 0 Å². The van der Waals surface area contributed by atoms with Crippen LogP contribution in [0.2, 0.25) is 0 Å². The van der Waals surface area contributed by atoms with Crippen molar-refractivity contribution in [2.24, 2.45) is 0 Å². The Bertz CT molecular complexity index is 648. The SMILES string of the molecule is C=CCc1ccc(OC(=O)c2ccc(I)cc2)c(OC)c1. The molecule has 0 N–H and O–H groups in total. The maximum atomic E-state index is 12.1. The van der Waals surface area contributed by atoms with Crippen LogP contribution in [0.5, 0.6) is 11.5 Å². The minimum absolute atomic E-state index is 0.402. The number of benzene rings is 2. The molecule has 0 amide bonds. The molecule has 0 spiro atoms. The number of methoxy groups -OCH3 is 1. The van der Waals surface area contributed by atoms with Gasteiger partial charge in [0, 0.05) is 3.57 Å². The molecule has 108 valence electrons. The van der Waals surface area contributed by atoms with E-state index in [4.69, 9.17) is 9.47 Å². The van der Waals surface area contributed by atoms with Crippen molar-refractivity contribution in [2.75, 3.05) is 7.11 Å². The summed E-state index contributed by atoms with van der Waals surface area (Å²) in [6.07, 6.45) is 2.55. The number of halogens is 1. The number of hydrogen-bond acceptors (Lipinski definition) is 3. The van der Waals surface area contributed by atoms with Gasteiger partial charge in [0.15, 0.2) is 11.5 Å². The first-order valence-electron chi connectivity index (χ1n) is 6.39. The van der Waals surface area contributed by atoms with Gasteiger partial charge in [0.1, 0.15) is 0 Å². The summed E-state index contributed by atoms with van der Waals surface area (Å²) in [4.78, 5) is 12.1. The molecular formula is C17H15IO3. The van der Waals surface area contributed by atoms with Gasteiger partial charge in [-0.05, 0) is 71.0 Å². The Morgan fingerprint density at radius 1 is 1.19 bits per heavy atom. The van der Waals surface area contributed by atoms with Gasteiger partial charge in [0.05, 0.1) is 12.7 Å². The summed E-state index contributed by atoms with van der Waals surface area (Å²) in [7, 11) is 1.55. The minimum Gasteiger partial charge on any atom is -0.493 e. The van der Waals surface area contributed by atoms with Crippen LogP contribution in [0.1, 0.15) is 15.9 Å². The van der Waals surface area contributed by atoms with Crippen molar-refractivity contribution >= 4 is 28.6 Å². The third-order valence-electron chi connectivity index (χ3n) is 2.89. The first-order chi connectivity index (χ1) is 10.1. The second-order valence-electron chi connectivity index (χ2n) is 4.37. The Morgan fingerprint density at radius 3 is 2.52 bits per heavy atom. The molecule has 2 rings (SSSR count). The Labute approximate surface area is 137 Å². The van der Waals surface area contributed by atoms with Crippen LogP contribution in [-0.4, -0.2) is 13.1 Å². The fourth-order valence-corrected chi connectivity index (χ4v) is 2.19. The predicted molar refractivity (Wildman–Crippen MR) is 91.0 cm³/mol. The molecule has 0 atom stereocenters. The van der Waals surface area contributed by atoms with E-state index in [1.165, 1.54) is 0 Å². The third-order valence-corrected chi connectivity index (χ3v) is 3.61. The number of ether oxygens (including phenoxy) is 2. The van der Waals surface area contributed by atoms with Gasteiger partial charge in [-0.3, -0.25) is 0 Å². The third kappa shape index (κ3) is 4.07. The number of esters is 1. The number of carbonyl (C=O) groups excluding carboxylic acids is 1. The van der Waals surface area contributed by atoms with E-state index in [0.717, 1.165) is 15.6 Å². The maximum absolute atomic E-state index is 12.1. The Hall–Kier alpha value is -1.82. The predicted octanol–water partition coefficient (Wildman–Crippen LogP) is 4.25. The highest BCUT2D eigenvalue weighted by Gasteiger charge is 2.12. The number of allylic oxidation sites excluding steroid dienone is 1. The average molecular weight is 394 g/mol. The lowest BCUT2D eigenvalue weighted by Crippen LogP contribution is -2.09. The van der Waals surface area contributed by atoms with Crippen LogP contribution in [0.15, 0.2) is 55.1 Å². The van der Waals surface area contributed by atoms with Gasteiger partial charge >= 0.3 is 5.97 Å². The first kappa shape index (κ1) is 15.6. The molecule has 0 heterocycles. The van der Waals surface area contributed by atoms with Gasteiger partial charge in [-0.25, -0.2) is 4.79 Å². The normalized spacial score (nSPS) is 10.0. The summed E-state index contributed by atoms with van der Waals surface area (Å²) in [5, 5.41) is 0. The van der Waals surface area contributed by atoms with Crippen molar-refractivity contribution in [3.63, 3.8) is 0 Å². The monoisotopic (exact) mass is 394 g/mol. The van der Waals surface area contributed by atoms with E-state index in [9.17, 15) is 4.79 Å². The lowest BCUT2D eigenvalue weighted by atomic mass is 10.1. The summed E-state index contributed by atoms with van der Waals surface area (Å²) in [5.74, 6) is 0.545. The standard InChI is InChI=1S/C17H15IO3/c1-3-4-12-5-10-15(16(11-12)20-2)21-17(19)13-6-8-14(18)9-7-13/h3,5-11H,1,4H2,2H3. The zero-order valence-corrected chi connectivity index (χ0v) is 13.8. The molecule has 0 bridgehead atoms. The van der Waals surface area contributed by atoms with Crippen LogP contribution >= 0.6 is 22.6 Å². The maximum Gasteiger partial charge on any atom is 0.343 e. The molecule has 2 aromatic carbocycles. The number of hydrogen-bond donors (Lipinski definition) is 0. The molecule has 0 saturated heterocycles. The molecule has 0 fully saturated rings. The quantitative estimate of drug-likeness (QED) is 0.329. The molecule has 0 aromatic heterocycles. The number of carbonyl (C=O) groups is 1. The van der Waals surface area contributed by atoms with Crippen LogP contribution in [0.3, 0.4) is 0 Å². The van der Waals surface area contributed by atoms with Gasteiger partial charge in [-0.1, -0.05) is 12.1 Å². The van der Waals surface area contributed by atoms with Crippen LogP contribution in [0.25, 0.3) is 0 Å². The second-order valence-corrected chi connectivity index (χ2v) is 5.62. The fraction of sp³-hybridized carbons (Fsp3) is 0.118. The van der Waals surface area contributed by atoms with Crippen molar-refractivity contribution in [2.45, 2.75) is 6.42 Å². The molecule has 2 aromatic rings. The zero-order chi connectivity index (χ0) is 15.2. The van der Waals surface area contributed by atoms with Crippen molar-refractivity contribution in [3.8, 4) is 11.5 Å². The van der Waals surface area contributed by atoms with Crippen LogP contribution in [0, 0.1) is 3.57 Å². The summed E-state index contributed by atoms with van der Waals surface area (Å²) in [6, 6.07) is 12.7. The second kappa shape index (κ2) is 7.26. The van der Waals surface area contributed by atoms with Crippen LogP contribution in [-0.2, 0) is 6.42 Å². The van der Waals surface area contributed by atoms with Crippen LogP contribution in [0.4, 0.5) is 0 Å². The van der Waals surface area contributed by atoms with E-state index >= 15 is 0 Å². The minimum atomic E-state index is -0.402. The lowest BCUT2D eigenvalue weighted by Gasteiger charge is -2.10. The first-order valence-corrected chi connectivity index (χ1v) is 7.47. The van der Waals surface area contributed by atoms with E-state index < -0.39 is 5.97 Å². The summed E-state index contributed by atoms with van der Waals surface area (Å²) in [6.45, 7) is 3.70. The average Bonchev–Trinajstić information content (AvgIpc) is 2.49. The largest absolute Gasteiger partial charge is 0.493 e. The summed E-state index contributed by atoms with van der Waals surface area (Å²) in [5.41, 5.74) is 1.56. The highest BCUT2D eigenvalue weighted by atomic mass is 127. The molecule has 0 aliphatic heterocycles. The summed E-state index contributed by atoms with van der Waals surface area (Å²) < 4.78 is 11.7. The lowest BCUT2D eigenvalue weighted by molar-refractivity contribution is 0.0729. The Kier molecular flexibility index (Phi) is 5.38. The summed E-state index contributed by atoms with van der Waals surface area (Å²) >= 11 is 2.19. The number of rotatable bonds is 5. The van der Waals surface area contributed by atoms with E-state index in [-0.39, 0.29) is 0 Å². The topological polar surface area (TPSA) is 35.5 Å². The Balaban J connectivity index is 2.20. The highest BCUT2D eigenvalue weighted by molar-refractivity contribution is 14.1. The fourth-order valence-electron chi connectivity index (χ4n) is 1.83. The van der Waals surface area contributed by atoms with Crippen molar-refractivity contribution in [1.82, 2.24) is 0 Å². The Morgan fingerprint density at radius 2 is 1.90 bits per heavy atom. The highest BCUT2D eigenvalue weighted by Crippen LogP contribution is 2.29. The van der Waals surface area contributed by atoms with Crippen molar-refractivity contribution in [3.05, 3.63) is 69.8 Å². The molecule has 0 aliphatic rings. The molecule has 0 saturated carbocycles. The van der Waals surface area contributed by atoms with E-state index in [1.54, 1.807) is 25.3 Å². The van der Waals surface area contributed by atoms with E-state index in [0.29, 0.717) is 17.1 Å². The van der Waals surface area contributed by atoms with E-state index in [2.05, 4.69) is 29.2 Å². The van der Waals surface area contributed by atoms with Gasteiger partial charge < -0.3 is 9.47 Å². The molecular weight excluding hydrogens is 379 g/mol. The van der Waals surface area contributed by atoms with Crippen LogP contribution < -0.4 is 9.47 Å².